The maximum Gasteiger partial charge on any atom is 0.252 e. The third-order valence-electron chi connectivity index (χ3n) is 2.14. The zero-order valence-electron chi connectivity index (χ0n) is 9.75. The monoisotopic (exact) mass is 308 g/mol. The van der Waals surface area contributed by atoms with Gasteiger partial charge in [0.2, 0.25) is 5.78 Å². The average Bonchev–Trinajstić information content (AvgIpc) is 2.34. The van der Waals surface area contributed by atoms with Gasteiger partial charge in [-0.05, 0) is 24.3 Å². The topological polar surface area (TPSA) is 35.5 Å². The van der Waals surface area contributed by atoms with Crippen LogP contribution in [-0.4, -0.2) is 23.8 Å². The zero-order valence-corrected chi connectivity index (χ0v) is 12.0. The number of rotatable bonds is 4. The lowest BCUT2D eigenvalue weighted by molar-refractivity contribution is -0.113. The number of hydrogen-bond donors (Lipinski definition) is 0. The normalized spacial score (nSPS) is 12.2. The van der Waals surface area contributed by atoms with Crippen LogP contribution >= 0.6 is 34.8 Å². The van der Waals surface area contributed by atoms with Crippen molar-refractivity contribution in [1.29, 1.82) is 0 Å². The molecular weight excluding hydrogens is 298 g/mol. The van der Waals surface area contributed by atoms with Gasteiger partial charge in [0.15, 0.2) is 0 Å². The minimum atomic E-state index is -1.99. The lowest BCUT2D eigenvalue weighted by atomic mass is 10.1. The van der Waals surface area contributed by atoms with Crippen molar-refractivity contribution in [3.05, 3.63) is 35.9 Å². The van der Waals surface area contributed by atoms with Crippen LogP contribution in [-0.2, 0) is 9.53 Å². The third kappa shape index (κ3) is 4.09. The van der Waals surface area contributed by atoms with E-state index >= 15 is 0 Å². The van der Waals surface area contributed by atoms with E-state index in [1.807, 2.05) is 0 Å². The van der Waals surface area contributed by atoms with Gasteiger partial charge < -0.3 is 9.47 Å². The van der Waals surface area contributed by atoms with Crippen molar-refractivity contribution in [2.45, 2.75) is 3.79 Å². The van der Waals surface area contributed by atoms with Gasteiger partial charge in [-0.25, -0.2) is 0 Å². The number of benzene rings is 1. The van der Waals surface area contributed by atoms with Gasteiger partial charge >= 0.3 is 0 Å². The lowest BCUT2D eigenvalue weighted by Gasteiger charge is -2.10. The number of ether oxygens (including phenoxy) is 2. The Bertz CT molecular complexity index is 447. The Labute approximate surface area is 120 Å². The first-order valence-electron chi connectivity index (χ1n) is 4.89. The molecule has 0 aliphatic carbocycles. The highest BCUT2D eigenvalue weighted by atomic mass is 35.6. The average molecular weight is 310 g/mol. The van der Waals surface area contributed by atoms with Gasteiger partial charge in [0.1, 0.15) is 11.5 Å². The van der Waals surface area contributed by atoms with Crippen LogP contribution in [0.2, 0.25) is 0 Å². The first kappa shape index (κ1) is 15.2. The number of carbonyl (C=O) groups is 1. The van der Waals surface area contributed by atoms with Crippen LogP contribution in [0.5, 0.6) is 5.75 Å². The van der Waals surface area contributed by atoms with Crippen LogP contribution in [0.25, 0.3) is 5.76 Å². The highest BCUT2D eigenvalue weighted by Gasteiger charge is 2.29. The van der Waals surface area contributed by atoms with Crippen LogP contribution in [0, 0.1) is 0 Å². The number of carbonyl (C=O) groups excluding carboxylic acids is 1. The van der Waals surface area contributed by atoms with Gasteiger partial charge in [-0.2, -0.15) is 0 Å². The van der Waals surface area contributed by atoms with E-state index in [0.717, 1.165) is 6.08 Å². The SMILES string of the molecule is CO/C(=C/C(=O)C(Cl)(Cl)Cl)c1ccc(OC)cc1. The molecule has 0 radical (unpaired) electrons. The molecule has 0 N–H and O–H groups in total. The molecule has 0 atom stereocenters. The molecule has 0 bridgehead atoms. The summed E-state index contributed by atoms with van der Waals surface area (Å²) in [5, 5.41) is 0. The molecule has 6 heteroatoms. The first-order chi connectivity index (χ1) is 8.38. The molecule has 3 nitrogen and oxygen atoms in total. The van der Waals surface area contributed by atoms with E-state index in [1.165, 1.54) is 7.11 Å². The van der Waals surface area contributed by atoms with Crippen LogP contribution in [0.15, 0.2) is 30.3 Å². The second-order valence-electron chi connectivity index (χ2n) is 3.30. The Morgan fingerprint density at radius 2 is 1.72 bits per heavy atom. The number of allylic oxidation sites excluding steroid dienone is 1. The van der Waals surface area contributed by atoms with Gasteiger partial charge in [-0.15, -0.1) is 0 Å². The van der Waals surface area contributed by atoms with Gasteiger partial charge in [0, 0.05) is 11.6 Å². The van der Waals surface area contributed by atoms with Crippen molar-refractivity contribution in [2.24, 2.45) is 0 Å². The molecule has 0 aliphatic rings. The van der Waals surface area contributed by atoms with Crippen molar-refractivity contribution in [1.82, 2.24) is 0 Å². The largest absolute Gasteiger partial charge is 0.497 e. The molecule has 1 aromatic carbocycles. The summed E-state index contributed by atoms with van der Waals surface area (Å²) in [5.74, 6) is 0.344. The van der Waals surface area contributed by atoms with Crippen molar-refractivity contribution in [3.8, 4) is 5.75 Å². The fourth-order valence-electron chi connectivity index (χ4n) is 1.22. The number of hydrogen-bond acceptors (Lipinski definition) is 3. The number of alkyl halides is 3. The number of methoxy groups -OCH3 is 2. The fraction of sp³-hybridized carbons (Fsp3) is 0.250. The summed E-state index contributed by atoms with van der Waals surface area (Å²) in [6.07, 6.45) is 1.15. The minimum Gasteiger partial charge on any atom is -0.497 e. The van der Waals surface area contributed by atoms with Crippen molar-refractivity contribution >= 4 is 46.3 Å². The van der Waals surface area contributed by atoms with E-state index in [1.54, 1.807) is 31.4 Å². The Morgan fingerprint density at radius 3 is 2.11 bits per heavy atom. The summed E-state index contributed by atoms with van der Waals surface area (Å²) >= 11 is 16.4. The van der Waals surface area contributed by atoms with Crippen LogP contribution < -0.4 is 4.74 Å². The highest BCUT2D eigenvalue weighted by molar-refractivity contribution is 6.77. The minimum absolute atomic E-state index is 0.314. The molecule has 0 fully saturated rings. The quantitative estimate of drug-likeness (QED) is 0.484. The van der Waals surface area contributed by atoms with Gasteiger partial charge in [-0.1, -0.05) is 34.8 Å². The second-order valence-corrected chi connectivity index (χ2v) is 5.58. The van der Waals surface area contributed by atoms with E-state index in [0.29, 0.717) is 17.1 Å². The molecule has 0 saturated carbocycles. The summed E-state index contributed by atoms with van der Waals surface area (Å²) in [6, 6.07) is 6.95. The highest BCUT2D eigenvalue weighted by Crippen LogP contribution is 2.29. The molecule has 98 valence electrons. The van der Waals surface area contributed by atoms with E-state index in [4.69, 9.17) is 44.3 Å². The molecule has 0 heterocycles. The molecule has 0 saturated heterocycles. The molecule has 0 spiro atoms. The van der Waals surface area contributed by atoms with Gasteiger partial charge in [-0.3, -0.25) is 4.79 Å². The molecule has 0 aromatic heterocycles. The van der Waals surface area contributed by atoms with E-state index in [2.05, 4.69) is 0 Å². The van der Waals surface area contributed by atoms with Crippen molar-refractivity contribution in [2.75, 3.05) is 14.2 Å². The van der Waals surface area contributed by atoms with Crippen LogP contribution in [0.1, 0.15) is 5.56 Å². The number of ketones is 1. The predicted molar refractivity (Wildman–Crippen MR) is 73.3 cm³/mol. The molecule has 1 aromatic rings. The molecule has 0 unspecified atom stereocenters. The Balaban J connectivity index is 3.02. The van der Waals surface area contributed by atoms with Crippen LogP contribution in [0.3, 0.4) is 0 Å². The molecule has 0 amide bonds. The van der Waals surface area contributed by atoms with E-state index in [-0.39, 0.29) is 0 Å². The maximum absolute atomic E-state index is 11.6. The summed E-state index contributed by atoms with van der Waals surface area (Å²) < 4.78 is 8.14. The Morgan fingerprint density at radius 1 is 1.17 bits per heavy atom. The molecule has 1 rings (SSSR count). The molecule has 0 aliphatic heterocycles. The Hall–Kier alpha value is -0.900. The van der Waals surface area contributed by atoms with E-state index in [9.17, 15) is 4.79 Å². The zero-order chi connectivity index (χ0) is 13.8. The lowest BCUT2D eigenvalue weighted by Crippen LogP contribution is -2.16. The van der Waals surface area contributed by atoms with Crippen LogP contribution in [0.4, 0.5) is 0 Å². The smallest absolute Gasteiger partial charge is 0.252 e. The summed E-state index contributed by atoms with van der Waals surface area (Å²) in [7, 11) is 3.00. The van der Waals surface area contributed by atoms with Gasteiger partial charge in [0.05, 0.1) is 14.2 Å². The summed E-state index contributed by atoms with van der Waals surface area (Å²) in [6.45, 7) is 0. The predicted octanol–water partition coefficient (Wildman–Crippen LogP) is 3.62. The van der Waals surface area contributed by atoms with E-state index < -0.39 is 9.58 Å². The summed E-state index contributed by atoms with van der Waals surface area (Å²) in [5.41, 5.74) is 0.681. The number of halogens is 3. The third-order valence-corrected chi connectivity index (χ3v) is 2.69. The second kappa shape index (κ2) is 6.32. The maximum atomic E-state index is 11.6. The van der Waals surface area contributed by atoms with Crippen molar-refractivity contribution < 1.29 is 14.3 Å². The first-order valence-corrected chi connectivity index (χ1v) is 6.03. The summed E-state index contributed by atoms with van der Waals surface area (Å²) in [4.78, 5) is 11.6. The fourth-order valence-corrected chi connectivity index (χ4v) is 1.38. The van der Waals surface area contributed by atoms with Gasteiger partial charge in [0.25, 0.3) is 3.79 Å². The molecule has 18 heavy (non-hydrogen) atoms. The molecular formula is C12H11Cl3O3. The Kier molecular flexibility index (Phi) is 5.32. The standard InChI is InChI=1S/C12H11Cl3O3/c1-17-9-5-3-8(4-6-9)10(18-2)7-11(16)12(13,14)15/h3-7H,1-2H3/b10-7+. The van der Waals surface area contributed by atoms with Crippen molar-refractivity contribution in [3.63, 3.8) is 0 Å².